The first-order chi connectivity index (χ1) is 7.70. The van der Waals surface area contributed by atoms with E-state index in [0.29, 0.717) is 0 Å². The van der Waals surface area contributed by atoms with Gasteiger partial charge in [0.15, 0.2) is 0 Å². The van der Waals surface area contributed by atoms with Crippen LogP contribution >= 0.6 is 0 Å². The van der Waals surface area contributed by atoms with Gasteiger partial charge in [0.25, 0.3) is 0 Å². The Morgan fingerprint density at radius 2 is 2.19 bits per heavy atom. The molecule has 0 spiro atoms. The maximum absolute atomic E-state index is 4.14. The number of pyridine rings is 1. The average molecular weight is 215 g/mol. The molecule has 0 aromatic carbocycles. The van der Waals surface area contributed by atoms with Crippen LogP contribution in [-0.2, 0) is 0 Å². The van der Waals surface area contributed by atoms with Gasteiger partial charge in [0, 0.05) is 32.2 Å². The van der Waals surface area contributed by atoms with Gasteiger partial charge in [-0.05, 0) is 31.2 Å². The molecule has 1 aromatic heterocycles. The Morgan fingerprint density at radius 3 is 2.81 bits per heavy atom. The molecule has 0 fully saturated rings. The molecular weight excluding hydrogens is 198 g/mol. The second-order valence-corrected chi connectivity index (χ2v) is 3.58. The van der Waals surface area contributed by atoms with Crippen molar-refractivity contribution in [2.75, 3.05) is 14.1 Å². The molecule has 0 radical (unpaired) electrons. The monoisotopic (exact) mass is 215 g/mol. The first-order valence-electron chi connectivity index (χ1n) is 5.15. The zero-order valence-corrected chi connectivity index (χ0v) is 9.96. The number of rotatable bonds is 4. The molecule has 0 N–H and O–H groups in total. The average Bonchev–Trinajstić information content (AvgIpc) is 2.29. The fourth-order valence-electron chi connectivity index (χ4n) is 0.953. The molecule has 0 bridgehead atoms. The number of allylic oxidation sites excluding steroid dienone is 3. The largest absolute Gasteiger partial charge is 0.381 e. The van der Waals surface area contributed by atoms with Crippen molar-refractivity contribution >= 4 is 6.21 Å². The summed E-state index contributed by atoms with van der Waals surface area (Å²) < 4.78 is 0. The summed E-state index contributed by atoms with van der Waals surface area (Å²) in [6.45, 7) is 2.05. The molecule has 16 heavy (non-hydrogen) atoms. The third-order valence-corrected chi connectivity index (χ3v) is 2.11. The van der Waals surface area contributed by atoms with Crippen molar-refractivity contribution in [1.29, 1.82) is 0 Å². The fraction of sp³-hybridized carbons (Fsp3) is 0.231. The van der Waals surface area contributed by atoms with Crippen LogP contribution < -0.4 is 0 Å². The highest BCUT2D eigenvalue weighted by Gasteiger charge is 1.86. The molecule has 0 saturated carbocycles. The van der Waals surface area contributed by atoms with E-state index in [1.54, 1.807) is 18.6 Å². The number of nitrogens with zero attached hydrogens (tertiary/aromatic N) is 3. The van der Waals surface area contributed by atoms with E-state index in [9.17, 15) is 0 Å². The van der Waals surface area contributed by atoms with Gasteiger partial charge in [-0.3, -0.25) is 9.98 Å². The molecule has 0 aliphatic heterocycles. The second kappa shape index (κ2) is 6.56. The van der Waals surface area contributed by atoms with Gasteiger partial charge in [0.1, 0.15) is 0 Å². The van der Waals surface area contributed by atoms with Gasteiger partial charge in [-0.25, -0.2) is 0 Å². The minimum atomic E-state index is 0.862. The molecule has 0 saturated heterocycles. The van der Waals surface area contributed by atoms with Crippen LogP contribution in [0.1, 0.15) is 12.6 Å². The van der Waals surface area contributed by atoms with Crippen molar-refractivity contribution in [3.8, 4) is 0 Å². The molecule has 1 heterocycles. The summed E-state index contributed by atoms with van der Waals surface area (Å²) in [5.41, 5.74) is 2.05. The minimum absolute atomic E-state index is 0.862. The van der Waals surface area contributed by atoms with Crippen LogP contribution in [0.15, 0.2) is 53.4 Å². The summed E-state index contributed by atoms with van der Waals surface area (Å²) in [6.07, 6.45) is 9.16. The van der Waals surface area contributed by atoms with Crippen molar-refractivity contribution in [2.45, 2.75) is 6.92 Å². The molecule has 0 aliphatic rings. The first-order valence-corrected chi connectivity index (χ1v) is 5.15. The van der Waals surface area contributed by atoms with Gasteiger partial charge in [-0.15, -0.1) is 0 Å². The number of hydrogen-bond acceptors (Lipinski definition) is 3. The maximum atomic E-state index is 4.14. The molecule has 1 aromatic rings. The van der Waals surface area contributed by atoms with Gasteiger partial charge in [-0.2, -0.15) is 0 Å². The SMILES string of the molecule is C/C(=C\C=C/N=Cc1ccccn1)N(C)C. The summed E-state index contributed by atoms with van der Waals surface area (Å²) in [7, 11) is 4.02. The Kier molecular flexibility index (Phi) is 4.99. The number of aromatic nitrogens is 1. The standard InChI is InChI=1S/C13H17N3/c1-12(16(2)3)7-6-9-14-11-13-8-4-5-10-15-13/h4-11H,1-3H3/b9-6-,12-7+,14-11?. The molecule has 0 atom stereocenters. The fourth-order valence-corrected chi connectivity index (χ4v) is 0.953. The van der Waals surface area contributed by atoms with Crippen LogP contribution in [0.4, 0.5) is 0 Å². The highest BCUT2D eigenvalue weighted by atomic mass is 15.1. The normalized spacial score (nSPS) is 12.6. The van der Waals surface area contributed by atoms with Crippen LogP contribution in [0.3, 0.4) is 0 Å². The second-order valence-electron chi connectivity index (χ2n) is 3.58. The van der Waals surface area contributed by atoms with E-state index in [2.05, 4.69) is 9.98 Å². The Bertz CT molecular complexity index is 389. The highest BCUT2D eigenvalue weighted by Crippen LogP contribution is 1.96. The Balaban J connectivity index is 2.49. The van der Waals surface area contributed by atoms with Crippen molar-refractivity contribution in [3.05, 3.63) is 54.1 Å². The van der Waals surface area contributed by atoms with Gasteiger partial charge in [0.05, 0.1) is 11.9 Å². The molecule has 0 unspecified atom stereocenters. The van der Waals surface area contributed by atoms with Crippen LogP contribution in [-0.4, -0.2) is 30.2 Å². The molecule has 0 aliphatic carbocycles. The van der Waals surface area contributed by atoms with Crippen LogP contribution in [0.25, 0.3) is 0 Å². The lowest BCUT2D eigenvalue weighted by molar-refractivity contribution is 0.514. The summed E-state index contributed by atoms with van der Waals surface area (Å²) >= 11 is 0. The molecule has 84 valence electrons. The lowest BCUT2D eigenvalue weighted by Gasteiger charge is -2.10. The van der Waals surface area contributed by atoms with E-state index >= 15 is 0 Å². The van der Waals surface area contributed by atoms with Gasteiger partial charge in [-0.1, -0.05) is 6.07 Å². The third kappa shape index (κ3) is 4.55. The van der Waals surface area contributed by atoms with Crippen LogP contribution in [0.2, 0.25) is 0 Å². The number of aliphatic imine (C=N–C) groups is 1. The van der Waals surface area contributed by atoms with E-state index < -0.39 is 0 Å². The zero-order valence-electron chi connectivity index (χ0n) is 9.96. The minimum Gasteiger partial charge on any atom is -0.381 e. The molecule has 3 heteroatoms. The molecule has 0 amide bonds. The molecule has 3 nitrogen and oxygen atoms in total. The quantitative estimate of drug-likeness (QED) is 0.570. The van der Waals surface area contributed by atoms with E-state index in [0.717, 1.165) is 5.69 Å². The summed E-state index contributed by atoms with van der Waals surface area (Å²) in [6, 6.07) is 5.74. The van der Waals surface area contributed by atoms with Crippen LogP contribution in [0, 0.1) is 0 Å². The third-order valence-electron chi connectivity index (χ3n) is 2.11. The molecular formula is C13H17N3. The summed E-state index contributed by atoms with van der Waals surface area (Å²) in [5, 5.41) is 0. The first kappa shape index (κ1) is 12.2. The van der Waals surface area contributed by atoms with Gasteiger partial charge < -0.3 is 4.90 Å². The topological polar surface area (TPSA) is 28.5 Å². The van der Waals surface area contributed by atoms with Crippen LogP contribution in [0.5, 0.6) is 0 Å². The lowest BCUT2D eigenvalue weighted by Crippen LogP contribution is -2.07. The Labute approximate surface area is 96.8 Å². The predicted octanol–water partition coefficient (Wildman–Crippen LogP) is 2.48. The van der Waals surface area contributed by atoms with E-state index in [4.69, 9.17) is 0 Å². The summed E-state index contributed by atoms with van der Waals surface area (Å²) in [5.74, 6) is 0. The van der Waals surface area contributed by atoms with Gasteiger partial charge >= 0.3 is 0 Å². The molecule has 1 rings (SSSR count). The highest BCUT2D eigenvalue weighted by molar-refractivity contribution is 5.77. The summed E-state index contributed by atoms with van der Waals surface area (Å²) in [4.78, 5) is 10.3. The van der Waals surface area contributed by atoms with Crippen molar-refractivity contribution in [1.82, 2.24) is 9.88 Å². The van der Waals surface area contributed by atoms with Crippen molar-refractivity contribution < 1.29 is 0 Å². The lowest BCUT2D eigenvalue weighted by atomic mass is 10.4. The zero-order chi connectivity index (χ0) is 11.8. The number of hydrogen-bond donors (Lipinski definition) is 0. The van der Waals surface area contributed by atoms with E-state index in [-0.39, 0.29) is 0 Å². The predicted molar refractivity (Wildman–Crippen MR) is 68.4 cm³/mol. The van der Waals surface area contributed by atoms with Gasteiger partial charge in [0.2, 0.25) is 0 Å². The Hall–Kier alpha value is -1.90. The van der Waals surface area contributed by atoms with E-state index in [1.165, 1.54) is 5.70 Å². The Morgan fingerprint density at radius 1 is 1.38 bits per heavy atom. The van der Waals surface area contributed by atoms with E-state index in [1.807, 2.05) is 56.3 Å². The van der Waals surface area contributed by atoms with Crippen molar-refractivity contribution in [3.63, 3.8) is 0 Å². The smallest absolute Gasteiger partial charge is 0.0812 e. The maximum Gasteiger partial charge on any atom is 0.0812 e. The van der Waals surface area contributed by atoms with Crippen molar-refractivity contribution in [2.24, 2.45) is 4.99 Å².